The van der Waals surface area contributed by atoms with Gasteiger partial charge in [0, 0.05) is 7.85 Å². The van der Waals surface area contributed by atoms with Gasteiger partial charge in [0.15, 0.2) is 0 Å². The van der Waals surface area contributed by atoms with E-state index in [1.54, 1.807) is 0 Å². The molecule has 0 radical (unpaired) electrons. The predicted molar refractivity (Wildman–Crippen MR) is 72.3 cm³/mol. The third kappa shape index (κ3) is 1.93. The molecule has 0 aliphatic heterocycles. The quantitative estimate of drug-likeness (QED) is 0.429. The molecule has 1 aliphatic rings. The van der Waals surface area contributed by atoms with Crippen LogP contribution in [0.15, 0.2) is 0 Å². The first-order valence-corrected chi connectivity index (χ1v) is 7.24. The molecule has 0 amide bonds. The zero-order chi connectivity index (χ0) is 9.46. The second-order valence-electron chi connectivity index (χ2n) is 4.33. The van der Waals surface area contributed by atoms with Gasteiger partial charge in [0.1, 0.15) is 0 Å². The number of alkyl halides is 2. The first-order valence-electron chi connectivity index (χ1n) is 4.75. The summed E-state index contributed by atoms with van der Waals surface area (Å²) in [5.41, 5.74) is 0. The van der Waals surface area contributed by atoms with Crippen molar-refractivity contribution in [3.63, 3.8) is 0 Å². The van der Waals surface area contributed by atoms with Gasteiger partial charge in [-0.1, -0.05) is 72.9 Å². The summed E-state index contributed by atoms with van der Waals surface area (Å²) < 4.78 is 1.74. The molecule has 0 aromatic heterocycles. The number of halogens is 2. The highest BCUT2D eigenvalue weighted by Crippen LogP contribution is 2.44. The van der Waals surface area contributed by atoms with E-state index in [1.807, 2.05) is 0 Å². The lowest BCUT2D eigenvalue weighted by Crippen LogP contribution is -2.43. The highest BCUT2D eigenvalue weighted by molar-refractivity contribution is 14.1. The van der Waals surface area contributed by atoms with Crippen LogP contribution in [0.1, 0.15) is 27.7 Å². The summed E-state index contributed by atoms with van der Waals surface area (Å²) in [6.07, 6.45) is 0. The van der Waals surface area contributed by atoms with Crippen LogP contribution in [0.25, 0.3) is 0 Å². The van der Waals surface area contributed by atoms with Crippen LogP contribution in [-0.2, 0) is 0 Å². The van der Waals surface area contributed by atoms with Crippen LogP contribution >= 0.6 is 45.2 Å². The van der Waals surface area contributed by atoms with Gasteiger partial charge in [-0.2, -0.15) is 0 Å². The fourth-order valence-corrected chi connectivity index (χ4v) is 5.19. The van der Waals surface area contributed by atoms with E-state index < -0.39 is 0 Å². The van der Waals surface area contributed by atoms with Crippen molar-refractivity contribution in [1.82, 2.24) is 0 Å². The Morgan fingerprint density at radius 3 is 1.25 bits per heavy atom. The molecule has 4 unspecified atom stereocenters. The maximum absolute atomic E-state index is 2.64. The van der Waals surface area contributed by atoms with E-state index >= 15 is 0 Å². The Labute approximate surface area is 104 Å². The highest BCUT2D eigenvalue weighted by Gasteiger charge is 2.40. The predicted octanol–water partition coefficient (Wildman–Crippen LogP) is 4.15. The smallest absolute Gasteiger partial charge is 0.0174 e. The molecule has 0 aromatic rings. The van der Waals surface area contributed by atoms with Crippen molar-refractivity contribution in [3.8, 4) is 0 Å². The molecular weight excluding hydrogens is 374 g/mol. The van der Waals surface area contributed by atoms with Crippen molar-refractivity contribution in [2.24, 2.45) is 23.7 Å². The summed E-state index contributed by atoms with van der Waals surface area (Å²) in [6.45, 7) is 9.65. The number of hydrogen-bond acceptors (Lipinski definition) is 0. The van der Waals surface area contributed by atoms with Crippen LogP contribution in [0.4, 0.5) is 0 Å². The fraction of sp³-hybridized carbons (Fsp3) is 1.00. The maximum Gasteiger partial charge on any atom is 0.0174 e. The Morgan fingerprint density at radius 2 is 0.917 bits per heavy atom. The Morgan fingerprint density at radius 1 is 0.583 bits per heavy atom. The van der Waals surface area contributed by atoms with Gasteiger partial charge < -0.3 is 0 Å². The van der Waals surface area contributed by atoms with Crippen molar-refractivity contribution in [2.45, 2.75) is 35.5 Å². The van der Waals surface area contributed by atoms with Crippen LogP contribution < -0.4 is 0 Å². The van der Waals surface area contributed by atoms with E-state index in [0.29, 0.717) is 0 Å². The molecule has 0 saturated heterocycles. The summed E-state index contributed by atoms with van der Waals surface area (Å²) in [6, 6.07) is 0. The summed E-state index contributed by atoms with van der Waals surface area (Å²) in [7, 11) is 0. The van der Waals surface area contributed by atoms with E-state index in [-0.39, 0.29) is 0 Å². The van der Waals surface area contributed by atoms with Gasteiger partial charge in [-0.05, 0) is 23.7 Å². The average Bonchev–Trinajstić information content (AvgIpc) is 2.08. The molecule has 0 nitrogen and oxygen atoms in total. The maximum atomic E-state index is 2.64. The average molecular weight is 392 g/mol. The van der Waals surface area contributed by atoms with Crippen LogP contribution in [0.5, 0.6) is 0 Å². The molecular formula is C10H18I2. The summed E-state index contributed by atoms with van der Waals surface area (Å²) in [4.78, 5) is 0. The van der Waals surface area contributed by atoms with Crippen molar-refractivity contribution in [1.29, 1.82) is 0 Å². The van der Waals surface area contributed by atoms with E-state index in [4.69, 9.17) is 0 Å². The second-order valence-corrected chi connectivity index (χ2v) is 7.20. The second kappa shape index (κ2) is 4.32. The van der Waals surface area contributed by atoms with Gasteiger partial charge in [0.05, 0.1) is 0 Å². The monoisotopic (exact) mass is 392 g/mol. The first kappa shape index (κ1) is 11.5. The van der Waals surface area contributed by atoms with Gasteiger partial charge in [-0.15, -0.1) is 0 Å². The number of hydrogen-bond donors (Lipinski definition) is 0. The molecule has 1 aliphatic carbocycles. The standard InChI is InChI=1S/C10H18I2/c1-5-6(2)9(11)8(4)10(12)7(5)3/h5-10H,1-4H3. The lowest BCUT2D eigenvalue weighted by Gasteiger charge is -2.43. The molecule has 0 bridgehead atoms. The van der Waals surface area contributed by atoms with Crippen molar-refractivity contribution < 1.29 is 0 Å². The highest BCUT2D eigenvalue weighted by atomic mass is 127. The van der Waals surface area contributed by atoms with Crippen LogP contribution in [0.2, 0.25) is 0 Å². The molecule has 4 atom stereocenters. The molecule has 0 heterocycles. The normalized spacial score (nSPS) is 55.5. The fourth-order valence-electron chi connectivity index (χ4n) is 2.19. The van der Waals surface area contributed by atoms with Crippen LogP contribution in [-0.4, -0.2) is 7.85 Å². The molecule has 1 saturated carbocycles. The SMILES string of the molecule is CC1C(C)C(I)C(C)C(I)C1C. The molecule has 0 aromatic carbocycles. The Balaban J connectivity index is 2.76. The third-order valence-electron chi connectivity index (χ3n) is 3.67. The van der Waals surface area contributed by atoms with Crippen molar-refractivity contribution >= 4 is 45.2 Å². The van der Waals surface area contributed by atoms with E-state index in [0.717, 1.165) is 31.5 Å². The minimum Gasteiger partial charge on any atom is -0.0820 e. The van der Waals surface area contributed by atoms with Crippen LogP contribution in [0, 0.1) is 23.7 Å². The number of rotatable bonds is 0. The molecule has 1 fully saturated rings. The van der Waals surface area contributed by atoms with E-state index in [9.17, 15) is 0 Å². The molecule has 72 valence electrons. The molecule has 0 spiro atoms. The Bertz CT molecular complexity index is 99.4. The zero-order valence-corrected chi connectivity index (χ0v) is 12.5. The lowest BCUT2D eigenvalue weighted by atomic mass is 9.70. The summed E-state index contributed by atoms with van der Waals surface area (Å²) >= 11 is 5.29. The largest absolute Gasteiger partial charge is 0.0820 e. The van der Waals surface area contributed by atoms with Gasteiger partial charge in [0.2, 0.25) is 0 Å². The van der Waals surface area contributed by atoms with Gasteiger partial charge >= 0.3 is 0 Å². The minimum atomic E-state index is 0.871. The van der Waals surface area contributed by atoms with Crippen molar-refractivity contribution in [3.05, 3.63) is 0 Å². The van der Waals surface area contributed by atoms with E-state index in [1.165, 1.54) is 0 Å². The topological polar surface area (TPSA) is 0 Å². The van der Waals surface area contributed by atoms with E-state index in [2.05, 4.69) is 72.9 Å². The molecule has 12 heavy (non-hydrogen) atoms. The lowest BCUT2D eigenvalue weighted by molar-refractivity contribution is 0.182. The first-order chi connectivity index (χ1) is 5.46. The van der Waals surface area contributed by atoms with Crippen LogP contribution in [0.3, 0.4) is 0 Å². The molecule has 2 heteroatoms. The Kier molecular flexibility index (Phi) is 4.15. The zero-order valence-electron chi connectivity index (χ0n) is 8.22. The molecule has 1 rings (SSSR count). The third-order valence-corrected chi connectivity index (χ3v) is 8.21. The minimum absolute atomic E-state index is 0.871. The molecule has 0 N–H and O–H groups in total. The summed E-state index contributed by atoms with van der Waals surface area (Å²) in [5.74, 6) is 3.56. The van der Waals surface area contributed by atoms with Gasteiger partial charge in [-0.3, -0.25) is 0 Å². The van der Waals surface area contributed by atoms with Crippen molar-refractivity contribution in [2.75, 3.05) is 0 Å². The summed E-state index contributed by atoms with van der Waals surface area (Å²) in [5, 5.41) is 0. The van der Waals surface area contributed by atoms with Gasteiger partial charge in [0.25, 0.3) is 0 Å². The van der Waals surface area contributed by atoms with Gasteiger partial charge in [-0.25, -0.2) is 0 Å². The Hall–Kier alpha value is 1.46.